The first-order chi connectivity index (χ1) is 7.58. The minimum absolute atomic E-state index is 0.0306. The molecule has 3 N–H and O–H groups in total. The Kier molecular flexibility index (Phi) is 2.32. The van der Waals surface area contributed by atoms with Crippen LogP contribution in [-0.4, -0.2) is 25.8 Å². The van der Waals surface area contributed by atoms with Gasteiger partial charge in [-0.2, -0.15) is 5.10 Å². The van der Waals surface area contributed by atoms with E-state index in [-0.39, 0.29) is 11.4 Å². The summed E-state index contributed by atoms with van der Waals surface area (Å²) in [5, 5.41) is 13.1. The Labute approximate surface area is 91.3 Å². The molecule has 6 nitrogen and oxygen atoms in total. The van der Waals surface area contributed by atoms with Gasteiger partial charge in [0.1, 0.15) is 5.56 Å². The Bertz CT molecular complexity index is 548. The molecule has 0 radical (unpaired) electrons. The predicted octanol–water partition coefficient (Wildman–Crippen LogP) is 0.856. The van der Waals surface area contributed by atoms with Gasteiger partial charge in [-0.05, 0) is 19.1 Å². The van der Waals surface area contributed by atoms with Crippen molar-refractivity contribution in [2.24, 2.45) is 0 Å². The van der Waals surface area contributed by atoms with Crippen molar-refractivity contribution in [2.45, 2.75) is 6.92 Å². The van der Waals surface area contributed by atoms with E-state index < -0.39 is 5.97 Å². The summed E-state index contributed by atoms with van der Waals surface area (Å²) in [7, 11) is 0. The number of carboxylic acids is 1. The molecule has 82 valence electrons. The van der Waals surface area contributed by atoms with E-state index in [4.69, 9.17) is 10.8 Å². The fourth-order valence-electron chi connectivity index (χ4n) is 1.35. The van der Waals surface area contributed by atoms with Gasteiger partial charge in [0, 0.05) is 6.20 Å². The van der Waals surface area contributed by atoms with E-state index in [0.29, 0.717) is 5.69 Å². The normalized spacial score (nSPS) is 10.3. The van der Waals surface area contributed by atoms with Crippen molar-refractivity contribution in [1.82, 2.24) is 14.8 Å². The molecule has 16 heavy (non-hydrogen) atoms. The van der Waals surface area contributed by atoms with Crippen LogP contribution >= 0.6 is 0 Å². The maximum Gasteiger partial charge on any atom is 0.339 e. The molecule has 0 aromatic carbocycles. The van der Waals surface area contributed by atoms with E-state index in [0.717, 1.165) is 5.69 Å². The van der Waals surface area contributed by atoms with Gasteiger partial charge >= 0.3 is 5.97 Å². The molecule has 0 spiro atoms. The number of nitrogen functional groups attached to an aromatic ring is 1. The summed E-state index contributed by atoms with van der Waals surface area (Å²) in [5.41, 5.74) is 6.62. The van der Waals surface area contributed by atoms with Crippen LogP contribution in [0.25, 0.3) is 5.82 Å². The second kappa shape index (κ2) is 3.65. The summed E-state index contributed by atoms with van der Waals surface area (Å²) in [4.78, 5) is 15.0. The molecule has 0 aliphatic rings. The molecule has 0 atom stereocenters. The number of pyridine rings is 1. The largest absolute Gasteiger partial charge is 0.478 e. The molecule has 0 aliphatic carbocycles. The SMILES string of the molecule is Cc1ccn(-c2ncc(N)cc2C(=O)O)n1. The van der Waals surface area contributed by atoms with E-state index in [1.165, 1.54) is 16.9 Å². The maximum absolute atomic E-state index is 11.0. The number of anilines is 1. The molecule has 0 bridgehead atoms. The van der Waals surface area contributed by atoms with E-state index in [9.17, 15) is 4.79 Å². The minimum Gasteiger partial charge on any atom is -0.478 e. The molecule has 0 amide bonds. The van der Waals surface area contributed by atoms with E-state index in [2.05, 4.69) is 10.1 Å². The number of nitrogens with zero attached hydrogens (tertiary/aromatic N) is 3. The lowest BCUT2D eigenvalue weighted by atomic mass is 10.2. The van der Waals surface area contributed by atoms with Gasteiger partial charge in [0.2, 0.25) is 0 Å². The van der Waals surface area contributed by atoms with Gasteiger partial charge < -0.3 is 10.8 Å². The van der Waals surface area contributed by atoms with Crippen LogP contribution in [0, 0.1) is 6.92 Å². The number of rotatable bonds is 2. The standard InChI is InChI=1S/C10H10N4O2/c1-6-2-3-14(13-6)9-8(10(15)16)4-7(11)5-12-9/h2-5H,11H2,1H3,(H,15,16). The van der Waals surface area contributed by atoms with Gasteiger partial charge in [0.25, 0.3) is 0 Å². The average Bonchev–Trinajstić information content (AvgIpc) is 2.64. The smallest absolute Gasteiger partial charge is 0.339 e. The highest BCUT2D eigenvalue weighted by Gasteiger charge is 2.14. The number of hydrogen-bond acceptors (Lipinski definition) is 4. The first-order valence-electron chi connectivity index (χ1n) is 4.59. The predicted molar refractivity (Wildman–Crippen MR) is 57.5 cm³/mol. The lowest BCUT2D eigenvalue weighted by Gasteiger charge is -2.05. The Balaban J connectivity index is 2.60. The van der Waals surface area contributed by atoms with Crippen LogP contribution in [0.2, 0.25) is 0 Å². The summed E-state index contributed by atoms with van der Waals surface area (Å²) in [6, 6.07) is 3.13. The van der Waals surface area contributed by atoms with Gasteiger partial charge in [0.15, 0.2) is 5.82 Å². The second-order valence-corrected chi connectivity index (χ2v) is 3.35. The van der Waals surface area contributed by atoms with Gasteiger partial charge in [-0.15, -0.1) is 0 Å². The van der Waals surface area contributed by atoms with Crippen LogP contribution in [-0.2, 0) is 0 Å². The molecule has 0 saturated heterocycles. The Morgan fingerprint density at radius 1 is 1.56 bits per heavy atom. The number of carbonyl (C=O) groups is 1. The van der Waals surface area contributed by atoms with Crippen molar-refractivity contribution >= 4 is 11.7 Å². The van der Waals surface area contributed by atoms with Gasteiger partial charge in [-0.3, -0.25) is 0 Å². The van der Waals surface area contributed by atoms with E-state index >= 15 is 0 Å². The lowest BCUT2D eigenvalue weighted by molar-refractivity contribution is 0.0696. The third-order valence-corrected chi connectivity index (χ3v) is 2.06. The zero-order valence-corrected chi connectivity index (χ0v) is 8.58. The van der Waals surface area contributed by atoms with Crippen LogP contribution < -0.4 is 5.73 Å². The summed E-state index contributed by atoms with van der Waals surface area (Å²) in [5.74, 6) is -0.822. The molecular weight excluding hydrogens is 208 g/mol. The summed E-state index contributed by atoms with van der Waals surface area (Å²) in [6.07, 6.45) is 3.05. The number of hydrogen-bond donors (Lipinski definition) is 2. The van der Waals surface area contributed by atoms with Crippen molar-refractivity contribution in [3.8, 4) is 5.82 Å². The van der Waals surface area contributed by atoms with Crippen LogP contribution in [0.3, 0.4) is 0 Å². The topological polar surface area (TPSA) is 94.0 Å². The van der Waals surface area contributed by atoms with E-state index in [1.807, 2.05) is 6.92 Å². The lowest BCUT2D eigenvalue weighted by Crippen LogP contribution is -2.09. The van der Waals surface area contributed by atoms with Crippen molar-refractivity contribution in [3.05, 3.63) is 35.8 Å². The van der Waals surface area contributed by atoms with Crippen LogP contribution in [0.5, 0.6) is 0 Å². The quantitative estimate of drug-likeness (QED) is 0.779. The Morgan fingerprint density at radius 3 is 2.88 bits per heavy atom. The highest BCUT2D eigenvalue weighted by atomic mass is 16.4. The highest BCUT2D eigenvalue weighted by Crippen LogP contribution is 2.14. The van der Waals surface area contributed by atoms with Crippen LogP contribution in [0.15, 0.2) is 24.5 Å². The number of carboxylic acid groups (broad SMARTS) is 1. The zero-order chi connectivity index (χ0) is 11.7. The molecule has 0 unspecified atom stereocenters. The highest BCUT2D eigenvalue weighted by molar-refractivity contribution is 5.92. The molecule has 0 saturated carbocycles. The fraction of sp³-hybridized carbons (Fsp3) is 0.100. The fourth-order valence-corrected chi connectivity index (χ4v) is 1.35. The first-order valence-corrected chi connectivity index (χ1v) is 4.59. The molecule has 0 aliphatic heterocycles. The molecule has 2 heterocycles. The van der Waals surface area contributed by atoms with Gasteiger partial charge in [-0.25, -0.2) is 14.5 Å². The molecule has 2 aromatic rings. The Hall–Kier alpha value is -2.37. The van der Waals surface area contributed by atoms with Crippen molar-refractivity contribution in [1.29, 1.82) is 0 Å². The van der Waals surface area contributed by atoms with Crippen molar-refractivity contribution in [3.63, 3.8) is 0 Å². The van der Waals surface area contributed by atoms with Crippen molar-refractivity contribution < 1.29 is 9.90 Å². The van der Waals surface area contributed by atoms with Crippen molar-refractivity contribution in [2.75, 3.05) is 5.73 Å². The monoisotopic (exact) mass is 218 g/mol. The molecule has 6 heteroatoms. The maximum atomic E-state index is 11.0. The minimum atomic E-state index is -1.08. The second-order valence-electron chi connectivity index (χ2n) is 3.35. The van der Waals surface area contributed by atoms with Gasteiger partial charge in [0.05, 0.1) is 17.6 Å². The summed E-state index contributed by atoms with van der Waals surface area (Å²) < 4.78 is 1.41. The molecule has 2 rings (SSSR count). The third-order valence-electron chi connectivity index (χ3n) is 2.06. The number of aryl methyl sites for hydroxylation is 1. The number of nitrogens with two attached hydrogens (primary N) is 1. The van der Waals surface area contributed by atoms with Crippen LogP contribution in [0.1, 0.15) is 16.1 Å². The first kappa shape index (κ1) is 10.2. The van der Waals surface area contributed by atoms with Gasteiger partial charge in [-0.1, -0.05) is 0 Å². The van der Waals surface area contributed by atoms with Crippen LogP contribution in [0.4, 0.5) is 5.69 Å². The Morgan fingerprint density at radius 2 is 2.31 bits per heavy atom. The molecule has 0 fully saturated rings. The summed E-state index contributed by atoms with van der Waals surface area (Å²) >= 11 is 0. The van der Waals surface area contributed by atoms with E-state index in [1.54, 1.807) is 12.3 Å². The average molecular weight is 218 g/mol. The zero-order valence-electron chi connectivity index (χ0n) is 8.58. The summed E-state index contributed by atoms with van der Waals surface area (Å²) in [6.45, 7) is 1.81. The molecular formula is C10H10N4O2. The number of aromatic nitrogens is 3. The third kappa shape index (κ3) is 1.72. The molecule has 2 aromatic heterocycles. The number of aromatic carboxylic acids is 1.